The standard InChI is InChI=1S/C18H27N3/c1-15-13-16-7-4-5-9-18(16)21(15)12-11-19(2)14-17-8-6-10-20(17)3/h4-5,7,9,13,17H,6,8,10-12,14H2,1-3H3. The van der Waals surface area contributed by atoms with Gasteiger partial charge in [0.2, 0.25) is 0 Å². The first-order valence-electron chi connectivity index (χ1n) is 8.09. The van der Waals surface area contributed by atoms with Crippen LogP contribution in [-0.4, -0.2) is 54.1 Å². The molecule has 1 aromatic carbocycles. The van der Waals surface area contributed by atoms with Crippen LogP contribution in [0.25, 0.3) is 10.9 Å². The van der Waals surface area contributed by atoms with E-state index in [0.717, 1.165) is 19.1 Å². The van der Waals surface area contributed by atoms with Gasteiger partial charge in [-0.05, 0) is 57.9 Å². The molecule has 1 fully saturated rings. The number of aryl methyl sites for hydroxylation is 1. The van der Waals surface area contributed by atoms with Crippen LogP contribution in [-0.2, 0) is 6.54 Å². The minimum atomic E-state index is 0.748. The average Bonchev–Trinajstić information content (AvgIpc) is 3.00. The fraction of sp³-hybridized carbons (Fsp3) is 0.556. The van der Waals surface area contributed by atoms with Crippen molar-refractivity contribution in [2.75, 3.05) is 33.7 Å². The van der Waals surface area contributed by atoms with E-state index in [4.69, 9.17) is 0 Å². The summed E-state index contributed by atoms with van der Waals surface area (Å²) in [7, 11) is 4.52. The Balaban J connectivity index is 1.62. The Morgan fingerprint density at radius 2 is 2.10 bits per heavy atom. The zero-order chi connectivity index (χ0) is 14.8. The lowest BCUT2D eigenvalue weighted by Gasteiger charge is -2.26. The number of nitrogens with zero attached hydrogens (tertiary/aromatic N) is 3. The minimum Gasteiger partial charge on any atom is -0.344 e. The van der Waals surface area contributed by atoms with Crippen molar-refractivity contribution >= 4 is 10.9 Å². The third kappa shape index (κ3) is 3.14. The van der Waals surface area contributed by atoms with Crippen LogP contribution in [0.1, 0.15) is 18.5 Å². The van der Waals surface area contributed by atoms with E-state index in [1.807, 2.05) is 0 Å². The second-order valence-electron chi connectivity index (χ2n) is 6.54. The van der Waals surface area contributed by atoms with E-state index in [0.29, 0.717) is 0 Å². The Morgan fingerprint density at radius 1 is 1.29 bits per heavy atom. The van der Waals surface area contributed by atoms with Gasteiger partial charge in [-0.25, -0.2) is 0 Å². The molecular formula is C18H27N3. The number of hydrogen-bond donors (Lipinski definition) is 0. The Morgan fingerprint density at radius 3 is 2.86 bits per heavy atom. The minimum absolute atomic E-state index is 0.748. The van der Waals surface area contributed by atoms with E-state index in [-0.39, 0.29) is 0 Å². The molecule has 1 unspecified atom stereocenters. The van der Waals surface area contributed by atoms with E-state index in [1.54, 1.807) is 0 Å². The van der Waals surface area contributed by atoms with Crippen molar-refractivity contribution in [1.29, 1.82) is 0 Å². The largest absolute Gasteiger partial charge is 0.344 e. The van der Waals surface area contributed by atoms with Gasteiger partial charge in [0, 0.05) is 36.9 Å². The number of rotatable bonds is 5. The maximum Gasteiger partial charge on any atom is 0.0482 e. The maximum absolute atomic E-state index is 2.51. The molecule has 0 saturated carbocycles. The Labute approximate surface area is 128 Å². The average molecular weight is 285 g/mol. The third-order valence-electron chi connectivity index (χ3n) is 4.92. The second kappa shape index (κ2) is 6.20. The molecule has 1 aromatic heterocycles. The van der Waals surface area contributed by atoms with Crippen LogP contribution in [0.3, 0.4) is 0 Å². The van der Waals surface area contributed by atoms with Crippen LogP contribution < -0.4 is 0 Å². The summed E-state index contributed by atoms with van der Waals surface area (Å²) >= 11 is 0. The van der Waals surface area contributed by atoms with Gasteiger partial charge in [-0.2, -0.15) is 0 Å². The van der Waals surface area contributed by atoms with Crippen molar-refractivity contribution in [2.45, 2.75) is 32.4 Å². The highest BCUT2D eigenvalue weighted by molar-refractivity contribution is 5.81. The monoisotopic (exact) mass is 285 g/mol. The lowest BCUT2D eigenvalue weighted by atomic mass is 10.2. The fourth-order valence-electron chi connectivity index (χ4n) is 3.58. The van der Waals surface area contributed by atoms with Crippen molar-refractivity contribution in [2.24, 2.45) is 0 Å². The van der Waals surface area contributed by atoms with Crippen molar-refractivity contribution in [3.63, 3.8) is 0 Å². The number of para-hydroxylation sites is 1. The number of likely N-dealkylation sites (N-methyl/N-ethyl adjacent to an activating group) is 2. The summed E-state index contributed by atoms with van der Waals surface area (Å²) in [5.41, 5.74) is 2.73. The van der Waals surface area contributed by atoms with Gasteiger partial charge >= 0.3 is 0 Å². The molecule has 0 amide bonds. The summed E-state index contributed by atoms with van der Waals surface area (Å²) in [6.45, 7) is 6.86. The van der Waals surface area contributed by atoms with Crippen LogP contribution >= 0.6 is 0 Å². The van der Waals surface area contributed by atoms with Gasteiger partial charge in [-0.3, -0.25) is 0 Å². The molecule has 0 radical (unpaired) electrons. The van der Waals surface area contributed by atoms with E-state index >= 15 is 0 Å². The number of aromatic nitrogens is 1. The van der Waals surface area contributed by atoms with Crippen molar-refractivity contribution < 1.29 is 0 Å². The molecule has 3 nitrogen and oxygen atoms in total. The van der Waals surface area contributed by atoms with Crippen LogP contribution in [0.15, 0.2) is 30.3 Å². The van der Waals surface area contributed by atoms with Gasteiger partial charge in [0.1, 0.15) is 0 Å². The summed E-state index contributed by atoms with van der Waals surface area (Å²) in [6.07, 6.45) is 2.71. The Bertz CT molecular complexity index is 602. The number of benzene rings is 1. The van der Waals surface area contributed by atoms with E-state index in [1.165, 1.54) is 42.5 Å². The summed E-state index contributed by atoms with van der Waals surface area (Å²) < 4.78 is 2.45. The highest BCUT2D eigenvalue weighted by Crippen LogP contribution is 2.19. The first-order valence-corrected chi connectivity index (χ1v) is 8.09. The number of hydrogen-bond acceptors (Lipinski definition) is 2. The van der Waals surface area contributed by atoms with Gasteiger partial charge in [0.15, 0.2) is 0 Å². The molecule has 0 spiro atoms. The Hall–Kier alpha value is -1.32. The molecule has 2 aromatic rings. The number of fused-ring (bicyclic) bond motifs is 1. The van der Waals surface area contributed by atoms with E-state index in [2.05, 4.69) is 65.7 Å². The fourth-order valence-corrected chi connectivity index (χ4v) is 3.58. The van der Waals surface area contributed by atoms with Crippen LogP contribution in [0.4, 0.5) is 0 Å². The second-order valence-corrected chi connectivity index (χ2v) is 6.54. The summed E-state index contributed by atoms with van der Waals surface area (Å²) in [5, 5.41) is 1.35. The summed E-state index contributed by atoms with van der Waals surface area (Å²) in [6, 6.07) is 11.7. The normalized spacial score (nSPS) is 19.9. The first-order chi connectivity index (χ1) is 10.1. The summed E-state index contributed by atoms with van der Waals surface area (Å²) in [5.74, 6) is 0. The molecule has 3 heteroatoms. The highest BCUT2D eigenvalue weighted by atomic mass is 15.2. The molecule has 0 N–H and O–H groups in total. The zero-order valence-corrected chi connectivity index (χ0v) is 13.5. The van der Waals surface area contributed by atoms with Gasteiger partial charge in [0.05, 0.1) is 0 Å². The smallest absolute Gasteiger partial charge is 0.0482 e. The van der Waals surface area contributed by atoms with Gasteiger partial charge in [-0.1, -0.05) is 18.2 Å². The van der Waals surface area contributed by atoms with Crippen LogP contribution in [0.5, 0.6) is 0 Å². The molecule has 1 atom stereocenters. The molecular weight excluding hydrogens is 258 g/mol. The molecule has 3 rings (SSSR count). The zero-order valence-electron chi connectivity index (χ0n) is 13.5. The first kappa shape index (κ1) is 14.6. The van der Waals surface area contributed by atoms with Crippen molar-refractivity contribution in [1.82, 2.24) is 14.4 Å². The predicted molar refractivity (Wildman–Crippen MR) is 89.8 cm³/mol. The predicted octanol–water partition coefficient (Wildman–Crippen LogP) is 2.98. The van der Waals surface area contributed by atoms with E-state index in [9.17, 15) is 0 Å². The molecule has 1 aliphatic rings. The third-order valence-corrected chi connectivity index (χ3v) is 4.92. The SMILES string of the molecule is Cc1cc2ccccc2n1CCN(C)CC1CCCN1C. The van der Waals surface area contributed by atoms with E-state index < -0.39 is 0 Å². The lowest BCUT2D eigenvalue weighted by Crippen LogP contribution is -2.37. The molecule has 0 aliphatic carbocycles. The van der Waals surface area contributed by atoms with Crippen LogP contribution in [0, 0.1) is 6.92 Å². The molecule has 2 heterocycles. The highest BCUT2D eigenvalue weighted by Gasteiger charge is 2.21. The maximum atomic E-state index is 2.51. The van der Waals surface area contributed by atoms with Crippen LogP contribution in [0.2, 0.25) is 0 Å². The lowest BCUT2D eigenvalue weighted by molar-refractivity contribution is 0.216. The van der Waals surface area contributed by atoms with Gasteiger partial charge < -0.3 is 14.4 Å². The number of likely N-dealkylation sites (tertiary alicyclic amines) is 1. The van der Waals surface area contributed by atoms with Crippen molar-refractivity contribution in [3.8, 4) is 0 Å². The molecule has 21 heavy (non-hydrogen) atoms. The molecule has 0 bridgehead atoms. The summed E-state index contributed by atoms with van der Waals surface area (Å²) in [4.78, 5) is 4.99. The van der Waals surface area contributed by atoms with Gasteiger partial charge in [0.25, 0.3) is 0 Å². The molecule has 114 valence electrons. The molecule has 1 aliphatic heterocycles. The topological polar surface area (TPSA) is 11.4 Å². The van der Waals surface area contributed by atoms with Gasteiger partial charge in [-0.15, -0.1) is 0 Å². The molecule has 1 saturated heterocycles. The quantitative estimate of drug-likeness (QED) is 0.837. The van der Waals surface area contributed by atoms with Crippen molar-refractivity contribution in [3.05, 3.63) is 36.0 Å². The Kier molecular flexibility index (Phi) is 4.32.